The van der Waals surface area contributed by atoms with Gasteiger partial charge in [0.15, 0.2) is 0 Å². The van der Waals surface area contributed by atoms with Crippen LogP contribution in [0.3, 0.4) is 0 Å². The van der Waals surface area contributed by atoms with Gasteiger partial charge in [-0.3, -0.25) is 0 Å². The van der Waals surface area contributed by atoms with E-state index in [1.807, 2.05) is 12.5 Å². The van der Waals surface area contributed by atoms with Crippen molar-refractivity contribution in [2.24, 2.45) is 17.8 Å². The van der Waals surface area contributed by atoms with E-state index in [9.17, 15) is 0 Å². The SMILES string of the molecule is CSc1nncc(C23CC4CC(CC(C4)C2)C3)n1. The monoisotopic (exact) mass is 261 g/mol. The smallest absolute Gasteiger partial charge is 0.209 e. The van der Waals surface area contributed by atoms with Crippen LogP contribution in [0.15, 0.2) is 11.4 Å². The molecule has 0 amide bonds. The van der Waals surface area contributed by atoms with Crippen LogP contribution < -0.4 is 0 Å². The first-order valence-electron chi connectivity index (χ1n) is 7.01. The second-order valence-electron chi connectivity index (χ2n) is 6.53. The summed E-state index contributed by atoms with van der Waals surface area (Å²) < 4.78 is 0. The summed E-state index contributed by atoms with van der Waals surface area (Å²) in [5.41, 5.74) is 1.59. The first-order valence-corrected chi connectivity index (χ1v) is 8.24. The lowest BCUT2D eigenvalue weighted by atomic mass is 9.49. The minimum atomic E-state index is 0.356. The number of hydrogen-bond acceptors (Lipinski definition) is 4. The Morgan fingerprint density at radius 1 is 1.11 bits per heavy atom. The molecule has 0 atom stereocenters. The summed E-state index contributed by atoms with van der Waals surface area (Å²) in [6.07, 6.45) is 12.5. The number of nitrogens with zero attached hydrogens (tertiary/aromatic N) is 3. The number of aromatic nitrogens is 3. The minimum absolute atomic E-state index is 0.356. The van der Waals surface area contributed by atoms with Crippen molar-refractivity contribution in [2.45, 2.75) is 49.1 Å². The van der Waals surface area contributed by atoms with Crippen molar-refractivity contribution in [1.29, 1.82) is 0 Å². The molecule has 5 rings (SSSR count). The molecule has 96 valence electrons. The topological polar surface area (TPSA) is 38.7 Å². The van der Waals surface area contributed by atoms with Gasteiger partial charge >= 0.3 is 0 Å². The zero-order valence-electron chi connectivity index (χ0n) is 10.8. The molecule has 4 heteroatoms. The average Bonchev–Trinajstić information content (AvgIpc) is 2.37. The van der Waals surface area contributed by atoms with Crippen LogP contribution in [0, 0.1) is 17.8 Å². The fourth-order valence-corrected chi connectivity index (χ4v) is 5.37. The standard InChI is InChI=1S/C14H19N3S/c1-18-13-16-12(8-15-17-13)14-5-9-2-10(6-14)4-11(3-9)7-14/h8-11H,2-7H2,1H3. The molecule has 0 unspecified atom stereocenters. The van der Waals surface area contributed by atoms with Gasteiger partial charge in [-0.15, -0.1) is 5.10 Å². The van der Waals surface area contributed by atoms with E-state index in [1.54, 1.807) is 11.8 Å². The third kappa shape index (κ3) is 1.61. The Morgan fingerprint density at radius 2 is 1.72 bits per heavy atom. The number of thioether (sulfide) groups is 1. The maximum atomic E-state index is 4.77. The van der Waals surface area contributed by atoms with Crippen LogP contribution in [0.1, 0.15) is 44.2 Å². The van der Waals surface area contributed by atoms with E-state index in [0.717, 1.165) is 22.9 Å². The highest BCUT2D eigenvalue weighted by Gasteiger charge is 2.52. The second kappa shape index (κ2) is 3.92. The molecule has 1 aromatic heterocycles. The molecule has 0 radical (unpaired) electrons. The summed E-state index contributed by atoms with van der Waals surface area (Å²) in [6.45, 7) is 0. The van der Waals surface area contributed by atoms with Gasteiger partial charge in [-0.25, -0.2) is 4.98 Å². The van der Waals surface area contributed by atoms with Crippen LogP contribution >= 0.6 is 11.8 Å². The van der Waals surface area contributed by atoms with E-state index in [1.165, 1.54) is 44.2 Å². The van der Waals surface area contributed by atoms with Crippen molar-refractivity contribution in [1.82, 2.24) is 15.2 Å². The van der Waals surface area contributed by atoms with Crippen LogP contribution in [0.2, 0.25) is 0 Å². The summed E-state index contributed by atoms with van der Waals surface area (Å²) in [5, 5.41) is 9.10. The Morgan fingerprint density at radius 3 is 2.28 bits per heavy atom. The quantitative estimate of drug-likeness (QED) is 0.767. The zero-order valence-corrected chi connectivity index (χ0v) is 11.6. The maximum absolute atomic E-state index is 4.77. The van der Waals surface area contributed by atoms with E-state index in [-0.39, 0.29) is 0 Å². The Kier molecular flexibility index (Phi) is 2.44. The molecule has 0 saturated heterocycles. The van der Waals surface area contributed by atoms with Crippen molar-refractivity contribution in [3.63, 3.8) is 0 Å². The lowest BCUT2D eigenvalue weighted by Gasteiger charge is -2.56. The first kappa shape index (κ1) is 11.2. The normalized spacial score (nSPS) is 41.3. The van der Waals surface area contributed by atoms with Crippen molar-refractivity contribution in [2.75, 3.05) is 6.26 Å². The maximum Gasteiger partial charge on any atom is 0.209 e. The molecule has 4 aliphatic rings. The highest BCUT2D eigenvalue weighted by molar-refractivity contribution is 7.98. The van der Waals surface area contributed by atoms with Crippen molar-refractivity contribution in [3.05, 3.63) is 11.9 Å². The molecule has 4 saturated carbocycles. The molecule has 0 spiro atoms. The molecule has 0 N–H and O–H groups in total. The van der Waals surface area contributed by atoms with Crippen molar-refractivity contribution >= 4 is 11.8 Å². The lowest BCUT2D eigenvalue weighted by molar-refractivity contribution is -0.00779. The molecular weight excluding hydrogens is 242 g/mol. The van der Waals surface area contributed by atoms with Crippen LogP contribution in [-0.4, -0.2) is 21.4 Å². The predicted octanol–water partition coefficient (Wildman–Crippen LogP) is 3.06. The first-order chi connectivity index (χ1) is 8.77. The molecule has 3 nitrogen and oxygen atoms in total. The highest BCUT2D eigenvalue weighted by Crippen LogP contribution is 2.60. The lowest BCUT2D eigenvalue weighted by Crippen LogP contribution is -2.49. The summed E-state index contributed by atoms with van der Waals surface area (Å²) >= 11 is 1.60. The largest absolute Gasteiger partial charge is 0.224 e. The van der Waals surface area contributed by atoms with Gasteiger partial charge in [-0.05, 0) is 62.5 Å². The highest BCUT2D eigenvalue weighted by atomic mass is 32.2. The van der Waals surface area contributed by atoms with E-state index in [4.69, 9.17) is 4.98 Å². The molecule has 0 aromatic carbocycles. The van der Waals surface area contributed by atoms with Gasteiger partial charge in [0, 0.05) is 5.41 Å². The Bertz CT molecular complexity index is 439. The number of rotatable bonds is 2. The van der Waals surface area contributed by atoms with Gasteiger partial charge in [-0.1, -0.05) is 11.8 Å². The average molecular weight is 261 g/mol. The minimum Gasteiger partial charge on any atom is -0.224 e. The predicted molar refractivity (Wildman–Crippen MR) is 71.5 cm³/mol. The Hall–Kier alpha value is -0.640. The molecular formula is C14H19N3S. The van der Waals surface area contributed by atoms with Crippen LogP contribution in [0.5, 0.6) is 0 Å². The van der Waals surface area contributed by atoms with Gasteiger partial charge in [-0.2, -0.15) is 5.10 Å². The Labute approximate surface area is 112 Å². The molecule has 1 aromatic rings. The molecule has 0 aliphatic heterocycles. The van der Waals surface area contributed by atoms with Gasteiger partial charge < -0.3 is 0 Å². The fourth-order valence-electron chi connectivity index (χ4n) is 5.05. The van der Waals surface area contributed by atoms with Gasteiger partial charge in [0.05, 0.1) is 11.9 Å². The summed E-state index contributed by atoms with van der Waals surface area (Å²) in [6, 6.07) is 0. The van der Waals surface area contributed by atoms with Crippen LogP contribution in [-0.2, 0) is 5.41 Å². The summed E-state index contributed by atoms with van der Waals surface area (Å²) in [4.78, 5) is 4.77. The number of hydrogen-bond donors (Lipinski definition) is 0. The van der Waals surface area contributed by atoms with Crippen molar-refractivity contribution in [3.8, 4) is 0 Å². The second-order valence-corrected chi connectivity index (χ2v) is 7.30. The van der Waals surface area contributed by atoms with E-state index < -0.39 is 0 Å². The molecule has 4 bridgehead atoms. The third-order valence-electron chi connectivity index (χ3n) is 5.30. The van der Waals surface area contributed by atoms with Crippen LogP contribution in [0.25, 0.3) is 0 Å². The molecule has 1 heterocycles. The molecule has 4 aliphatic carbocycles. The third-order valence-corrected chi connectivity index (χ3v) is 5.84. The fraction of sp³-hybridized carbons (Fsp3) is 0.786. The molecule has 4 fully saturated rings. The van der Waals surface area contributed by atoms with Gasteiger partial charge in [0.2, 0.25) is 5.16 Å². The van der Waals surface area contributed by atoms with Crippen molar-refractivity contribution < 1.29 is 0 Å². The van der Waals surface area contributed by atoms with E-state index in [0.29, 0.717) is 5.41 Å². The Balaban J connectivity index is 1.74. The summed E-state index contributed by atoms with van der Waals surface area (Å²) in [7, 11) is 0. The van der Waals surface area contributed by atoms with Crippen LogP contribution in [0.4, 0.5) is 0 Å². The van der Waals surface area contributed by atoms with Gasteiger partial charge in [0.1, 0.15) is 0 Å². The summed E-state index contributed by atoms with van der Waals surface area (Å²) in [5.74, 6) is 2.89. The molecule has 18 heavy (non-hydrogen) atoms. The van der Waals surface area contributed by atoms with Gasteiger partial charge in [0.25, 0.3) is 0 Å². The van der Waals surface area contributed by atoms with E-state index >= 15 is 0 Å². The zero-order chi connectivity index (χ0) is 12.2. The van der Waals surface area contributed by atoms with E-state index in [2.05, 4.69) is 10.2 Å².